The van der Waals surface area contributed by atoms with Crippen molar-refractivity contribution in [2.75, 3.05) is 11.1 Å². The van der Waals surface area contributed by atoms with E-state index in [4.69, 9.17) is 5.73 Å². The van der Waals surface area contributed by atoms with Gasteiger partial charge in [-0.3, -0.25) is 9.48 Å². The number of aryl methyl sites for hydroxylation is 1. The summed E-state index contributed by atoms with van der Waals surface area (Å²) in [6.45, 7) is 0. The van der Waals surface area contributed by atoms with E-state index >= 15 is 0 Å². The van der Waals surface area contributed by atoms with Gasteiger partial charge in [0.15, 0.2) is 0 Å². The molecule has 0 fully saturated rings. The summed E-state index contributed by atoms with van der Waals surface area (Å²) in [6.07, 6.45) is 9.32. The minimum absolute atomic E-state index is 0. The zero-order valence-corrected chi connectivity index (χ0v) is 20.2. The largest absolute Gasteiger partial charge is 0.397 e. The maximum Gasteiger partial charge on any atom is 0.267 e. The van der Waals surface area contributed by atoms with Crippen molar-refractivity contribution in [2.45, 2.75) is 4.90 Å². The van der Waals surface area contributed by atoms with Crippen molar-refractivity contribution in [1.82, 2.24) is 13.8 Å². The lowest BCUT2D eigenvalue weighted by molar-refractivity contribution is -0.111. The highest BCUT2D eigenvalue weighted by Crippen LogP contribution is 2.22. The molecule has 10 heteroatoms. The number of para-hydroxylation sites is 2. The quantitative estimate of drug-likeness (QED) is 0.291. The molecule has 3 N–H and O–H groups in total. The lowest BCUT2D eigenvalue weighted by Crippen LogP contribution is -2.10. The van der Waals surface area contributed by atoms with Crippen molar-refractivity contribution >= 4 is 50.4 Å². The average Bonchev–Trinajstić information content (AvgIpc) is 3.44. The second-order valence-electron chi connectivity index (χ2n) is 7.12. The maximum atomic E-state index is 12.9. The van der Waals surface area contributed by atoms with Crippen molar-refractivity contribution in [2.24, 2.45) is 7.05 Å². The van der Waals surface area contributed by atoms with Gasteiger partial charge in [-0.25, -0.2) is 12.4 Å². The molecule has 0 saturated carbocycles. The number of nitrogen functional groups attached to an aromatic ring is 1. The fourth-order valence-electron chi connectivity index (χ4n) is 3.11. The Hall–Kier alpha value is -3.63. The first-order valence-electron chi connectivity index (χ1n) is 9.69. The van der Waals surface area contributed by atoms with Gasteiger partial charge < -0.3 is 11.1 Å². The molecule has 0 aliphatic rings. The predicted octanol–water partition coefficient (Wildman–Crippen LogP) is 3.94. The summed E-state index contributed by atoms with van der Waals surface area (Å²) in [7, 11) is -1.94. The Morgan fingerprint density at radius 2 is 1.76 bits per heavy atom. The summed E-state index contributed by atoms with van der Waals surface area (Å²) in [5.41, 5.74) is 9.13. The van der Waals surface area contributed by atoms with E-state index in [0.717, 1.165) is 15.1 Å². The minimum atomic E-state index is -3.76. The van der Waals surface area contributed by atoms with Crippen LogP contribution in [0.3, 0.4) is 0 Å². The van der Waals surface area contributed by atoms with Crippen molar-refractivity contribution < 1.29 is 13.2 Å². The number of amides is 1. The molecular weight excluding hydrogens is 506 g/mol. The van der Waals surface area contributed by atoms with Crippen LogP contribution in [0, 0.1) is 0 Å². The third kappa shape index (κ3) is 5.41. The van der Waals surface area contributed by atoms with Gasteiger partial charge in [-0.15, -0.1) is 17.0 Å². The maximum absolute atomic E-state index is 12.9. The molecule has 0 aliphatic carbocycles. The Kier molecular flexibility index (Phi) is 7.19. The van der Waals surface area contributed by atoms with Gasteiger partial charge in [-0.2, -0.15) is 5.10 Å². The van der Waals surface area contributed by atoms with Crippen LogP contribution in [0.25, 0.3) is 17.2 Å². The standard InChI is InChI=1S/C23H21N5O3S.BrH/c1-27-16-19(14-25-27)18-7-9-20(10-8-18)32(30,31)28-13-12-17(15-28)6-11-23(29)26-22-5-3-2-4-21(22)24;/h2-16H,24H2,1H3,(H,26,29);1H. The van der Waals surface area contributed by atoms with E-state index in [-0.39, 0.29) is 27.8 Å². The van der Waals surface area contributed by atoms with Crippen molar-refractivity contribution in [3.63, 3.8) is 0 Å². The molecule has 0 atom stereocenters. The molecule has 8 nitrogen and oxygen atoms in total. The number of halogens is 1. The Bertz CT molecular complexity index is 1410. The predicted molar refractivity (Wildman–Crippen MR) is 134 cm³/mol. The van der Waals surface area contributed by atoms with E-state index in [1.807, 2.05) is 13.2 Å². The number of aromatic nitrogens is 3. The highest BCUT2D eigenvalue weighted by atomic mass is 79.9. The molecule has 0 unspecified atom stereocenters. The van der Waals surface area contributed by atoms with Crippen LogP contribution < -0.4 is 11.1 Å². The number of carbonyl (C=O) groups excluding carboxylic acids is 1. The van der Waals surface area contributed by atoms with Gasteiger partial charge in [-0.05, 0) is 47.5 Å². The normalized spacial score (nSPS) is 11.3. The lowest BCUT2D eigenvalue weighted by atomic mass is 10.1. The van der Waals surface area contributed by atoms with E-state index in [1.165, 1.54) is 24.5 Å². The fraction of sp³-hybridized carbons (Fsp3) is 0.0435. The third-order valence-electron chi connectivity index (χ3n) is 4.80. The van der Waals surface area contributed by atoms with Crippen LogP contribution in [0.1, 0.15) is 5.56 Å². The Morgan fingerprint density at radius 3 is 2.42 bits per heavy atom. The van der Waals surface area contributed by atoms with Gasteiger partial charge in [0.05, 0.1) is 22.5 Å². The molecule has 2 heterocycles. The second-order valence-corrected chi connectivity index (χ2v) is 8.96. The van der Waals surface area contributed by atoms with E-state index < -0.39 is 10.0 Å². The van der Waals surface area contributed by atoms with Crippen LogP contribution in [0.5, 0.6) is 0 Å². The van der Waals surface area contributed by atoms with Gasteiger partial charge in [-0.1, -0.05) is 24.3 Å². The van der Waals surface area contributed by atoms with Gasteiger partial charge in [0.25, 0.3) is 10.0 Å². The number of nitrogens with zero attached hydrogens (tertiary/aromatic N) is 3. The van der Waals surface area contributed by atoms with Gasteiger partial charge in [0.2, 0.25) is 5.91 Å². The molecule has 4 aromatic rings. The molecule has 0 spiro atoms. The molecule has 0 radical (unpaired) electrons. The number of anilines is 2. The Balaban J connectivity index is 0.00000306. The number of benzene rings is 2. The van der Waals surface area contributed by atoms with Crippen LogP contribution in [0.15, 0.2) is 90.4 Å². The smallest absolute Gasteiger partial charge is 0.267 e. The van der Waals surface area contributed by atoms with Crippen molar-refractivity contribution in [3.8, 4) is 11.1 Å². The molecule has 33 heavy (non-hydrogen) atoms. The zero-order valence-electron chi connectivity index (χ0n) is 17.6. The van der Waals surface area contributed by atoms with Crippen LogP contribution in [-0.2, 0) is 21.9 Å². The number of hydrogen-bond acceptors (Lipinski definition) is 5. The second kappa shape index (κ2) is 9.88. The summed E-state index contributed by atoms with van der Waals surface area (Å²) in [6, 6.07) is 15.2. The van der Waals surface area contributed by atoms with Crippen molar-refractivity contribution in [3.05, 3.63) is 91.0 Å². The summed E-state index contributed by atoms with van der Waals surface area (Å²) in [5, 5.41) is 6.81. The summed E-state index contributed by atoms with van der Waals surface area (Å²) in [5.74, 6) is -0.371. The van der Waals surface area contributed by atoms with Crippen LogP contribution in [-0.4, -0.2) is 28.1 Å². The van der Waals surface area contributed by atoms with Crippen molar-refractivity contribution in [1.29, 1.82) is 0 Å². The van der Waals surface area contributed by atoms with E-state index in [2.05, 4.69) is 10.4 Å². The van der Waals surface area contributed by atoms with Gasteiger partial charge >= 0.3 is 0 Å². The number of carbonyl (C=O) groups is 1. The molecule has 2 aromatic carbocycles. The van der Waals surface area contributed by atoms with E-state index in [9.17, 15) is 13.2 Å². The Labute approximate surface area is 202 Å². The number of hydrogen-bond donors (Lipinski definition) is 2. The fourth-order valence-corrected chi connectivity index (χ4v) is 4.31. The monoisotopic (exact) mass is 527 g/mol. The molecule has 0 bridgehead atoms. The topological polar surface area (TPSA) is 112 Å². The number of nitrogens with one attached hydrogen (secondary N) is 1. The highest BCUT2D eigenvalue weighted by Gasteiger charge is 2.16. The summed E-state index contributed by atoms with van der Waals surface area (Å²) < 4.78 is 28.7. The average molecular weight is 528 g/mol. The first-order valence-corrected chi connectivity index (χ1v) is 11.1. The first kappa shape index (κ1) is 24.0. The van der Waals surface area contributed by atoms with E-state index in [0.29, 0.717) is 16.9 Å². The Morgan fingerprint density at radius 1 is 1.03 bits per heavy atom. The number of nitrogens with two attached hydrogens (primary N) is 1. The minimum Gasteiger partial charge on any atom is -0.397 e. The summed E-state index contributed by atoms with van der Waals surface area (Å²) in [4.78, 5) is 12.3. The molecule has 1 amide bonds. The molecule has 2 aromatic heterocycles. The van der Waals surface area contributed by atoms with E-state index in [1.54, 1.807) is 65.5 Å². The zero-order chi connectivity index (χ0) is 22.7. The molecule has 4 rings (SSSR count). The molecular formula is C23H22BrN5O3S. The molecule has 170 valence electrons. The van der Waals surface area contributed by atoms with Gasteiger partial charge in [0.1, 0.15) is 0 Å². The summed E-state index contributed by atoms with van der Waals surface area (Å²) >= 11 is 0. The van der Waals surface area contributed by atoms with Crippen LogP contribution in [0.2, 0.25) is 0 Å². The lowest BCUT2D eigenvalue weighted by Gasteiger charge is -2.06. The van der Waals surface area contributed by atoms with Crippen LogP contribution >= 0.6 is 17.0 Å². The van der Waals surface area contributed by atoms with Crippen LogP contribution in [0.4, 0.5) is 11.4 Å². The highest BCUT2D eigenvalue weighted by molar-refractivity contribution is 8.93. The molecule has 0 saturated heterocycles. The SMILES string of the molecule is Br.Cn1cc(-c2ccc(S(=O)(=O)n3ccc(C=CC(=O)Nc4ccccc4N)c3)cc2)cn1. The van der Waals surface area contributed by atoms with Gasteiger partial charge in [0, 0.05) is 37.3 Å². The molecule has 0 aliphatic heterocycles. The first-order chi connectivity index (χ1) is 15.3. The number of rotatable bonds is 6. The third-order valence-corrected chi connectivity index (χ3v) is 6.45.